The van der Waals surface area contributed by atoms with Crippen LogP contribution in [0.1, 0.15) is 10.5 Å². The molecule has 0 aliphatic rings. The molecule has 21 heavy (non-hydrogen) atoms. The molecule has 0 aliphatic heterocycles. The summed E-state index contributed by atoms with van der Waals surface area (Å²) in [7, 11) is 0. The van der Waals surface area contributed by atoms with Crippen LogP contribution in [0.5, 0.6) is 0 Å². The Bertz CT molecular complexity index is 749. The molecule has 5 heteroatoms. The van der Waals surface area contributed by atoms with Gasteiger partial charge in [0.1, 0.15) is 0 Å². The molecule has 2 aromatic carbocycles. The monoisotopic (exact) mass is 279 g/mol. The molecule has 0 saturated heterocycles. The summed E-state index contributed by atoms with van der Waals surface area (Å²) in [6.07, 6.45) is 0. The zero-order valence-corrected chi connectivity index (χ0v) is 11.1. The van der Waals surface area contributed by atoms with Crippen LogP contribution >= 0.6 is 0 Å². The SMILES string of the molecule is NNC(=O)c1cc(-c2ccc(-c3ccccc3)cc2)on1. The summed E-state index contributed by atoms with van der Waals surface area (Å²) in [5.41, 5.74) is 5.27. The highest BCUT2D eigenvalue weighted by Crippen LogP contribution is 2.25. The quantitative estimate of drug-likeness (QED) is 0.438. The Balaban J connectivity index is 1.87. The second kappa shape index (κ2) is 5.60. The molecular weight excluding hydrogens is 266 g/mol. The lowest BCUT2D eigenvalue weighted by atomic mass is 10.0. The van der Waals surface area contributed by atoms with Gasteiger partial charge in [-0.2, -0.15) is 0 Å². The average Bonchev–Trinajstić information content (AvgIpc) is 3.05. The first-order chi connectivity index (χ1) is 10.3. The van der Waals surface area contributed by atoms with Crippen LogP contribution in [-0.4, -0.2) is 11.1 Å². The maximum Gasteiger partial charge on any atom is 0.287 e. The maximum absolute atomic E-state index is 11.3. The Hall–Kier alpha value is -2.92. The first-order valence-corrected chi connectivity index (χ1v) is 6.41. The van der Waals surface area contributed by atoms with Crippen molar-refractivity contribution < 1.29 is 9.32 Å². The number of nitrogen functional groups attached to an aromatic ring is 1. The molecule has 0 saturated carbocycles. The first kappa shape index (κ1) is 13.1. The lowest BCUT2D eigenvalue weighted by Crippen LogP contribution is -2.30. The van der Waals surface area contributed by atoms with Gasteiger partial charge in [0.2, 0.25) is 0 Å². The largest absolute Gasteiger partial charge is 0.355 e. The van der Waals surface area contributed by atoms with Crippen molar-refractivity contribution >= 4 is 5.91 Å². The smallest absolute Gasteiger partial charge is 0.287 e. The fraction of sp³-hybridized carbons (Fsp3) is 0. The highest BCUT2D eigenvalue weighted by Gasteiger charge is 2.12. The molecule has 1 amide bonds. The van der Waals surface area contributed by atoms with Crippen LogP contribution < -0.4 is 11.3 Å². The van der Waals surface area contributed by atoms with E-state index in [-0.39, 0.29) is 5.69 Å². The molecule has 3 rings (SSSR count). The number of carbonyl (C=O) groups excluding carboxylic acids is 1. The van der Waals surface area contributed by atoms with E-state index in [1.807, 2.05) is 60.0 Å². The summed E-state index contributed by atoms with van der Waals surface area (Å²) < 4.78 is 5.15. The van der Waals surface area contributed by atoms with Gasteiger partial charge < -0.3 is 4.52 Å². The lowest BCUT2D eigenvalue weighted by Gasteiger charge is -2.02. The summed E-state index contributed by atoms with van der Waals surface area (Å²) in [6.45, 7) is 0. The van der Waals surface area contributed by atoms with E-state index in [0.29, 0.717) is 5.76 Å². The number of hydrazine groups is 1. The van der Waals surface area contributed by atoms with Crippen molar-refractivity contribution in [3.8, 4) is 22.5 Å². The lowest BCUT2D eigenvalue weighted by molar-refractivity contribution is 0.0944. The second-order valence-electron chi connectivity index (χ2n) is 4.49. The molecule has 3 aromatic rings. The van der Waals surface area contributed by atoms with Crippen LogP contribution in [0, 0.1) is 0 Å². The molecule has 5 nitrogen and oxygen atoms in total. The molecule has 1 aromatic heterocycles. The van der Waals surface area contributed by atoms with Gasteiger partial charge in [-0.05, 0) is 11.1 Å². The van der Waals surface area contributed by atoms with Gasteiger partial charge in [0.25, 0.3) is 5.91 Å². The van der Waals surface area contributed by atoms with E-state index < -0.39 is 5.91 Å². The summed E-state index contributed by atoms with van der Waals surface area (Å²) in [5.74, 6) is 5.10. The Morgan fingerprint density at radius 3 is 2.24 bits per heavy atom. The van der Waals surface area contributed by atoms with Crippen molar-refractivity contribution in [3.05, 3.63) is 66.4 Å². The molecule has 0 atom stereocenters. The van der Waals surface area contributed by atoms with Gasteiger partial charge in [0.15, 0.2) is 11.5 Å². The number of nitrogens with one attached hydrogen (secondary N) is 1. The number of carbonyl (C=O) groups is 1. The molecule has 1 heterocycles. The fourth-order valence-corrected chi connectivity index (χ4v) is 2.05. The molecule has 104 valence electrons. The second-order valence-corrected chi connectivity index (χ2v) is 4.49. The molecule has 0 aliphatic carbocycles. The van der Waals surface area contributed by atoms with Crippen LogP contribution in [0.2, 0.25) is 0 Å². The summed E-state index contributed by atoms with van der Waals surface area (Å²) >= 11 is 0. The van der Waals surface area contributed by atoms with E-state index in [1.54, 1.807) is 6.07 Å². The number of nitrogens with zero attached hydrogens (tertiary/aromatic N) is 1. The van der Waals surface area contributed by atoms with Gasteiger partial charge in [-0.1, -0.05) is 59.8 Å². The van der Waals surface area contributed by atoms with Crippen molar-refractivity contribution in [1.82, 2.24) is 10.6 Å². The zero-order chi connectivity index (χ0) is 14.7. The number of hydrogen-bond donors (Lipinski definition) is 2. The van der Waals surface area contributed by atoms with Gasteiger partial charge in [0.05, 0.1) is 0 Å². The molecule has 0 radical (unpaired) electrons. The van der Waals surface area contributed by atoms with Crippen LogP contribution in [0.25, 0.3) is 22.5 Å². The third kappa shape index (κ3) is 2.68. The first-order valence-electron chi connectivity index (χ1n) is 6.41. The normalized spacial score (nSPS) is 10.3. The Kier molecular flexibility index (Phi) is 3.49. The Morgan fingerprint density at radius 1 is 0.952 bits per heavy atom. The van der Waals surface area contributed by atoms with Crippen molar-refractivity contribution in [3.63, 3.8) is 0 Å². The minimum absolute atomic E-state index is 0.152. The minimum Gasteiger partial charge on any atom is -0.355 e. The summed E-state index contributed by atoms with van der Waals surface area (Å²) in [4.78, 5) is 11.3. The molecule has 3 N–H and O–H groups in total. The predicted octanol–water partition coefficient (Wildman–Crippen LogP) is 2.61. The molecule has 0 fully saturated rings. The molecule has 0 unspecified atom stereocenters. The van der Waals surface area contributed by atoms with Gasteiger partial charge in [-0.25, -0.2) is 5.84 Å². The van der Waals surface area contributed by atoms with E-state index in [9.17, 15) is 4.79 Å². The van der Waals surface area contributed by atoms with Crippen molar-refractivity contribution in [2.75, 3.05) is 0 Å². The van der Waals surface area contributed by atoms with E-state index in [0.717, 1.165) is 16.7 Å². The highest BCUT2D eigenvalue weighted by atomic mass is 16.5. The van der Waals surface area contributed by atoms with Crippen LogP contribution in [0.3, 0.4) is 0 Å². The highest BCUT2D eigenvalue weighted by molar-refractivity contribution is 5.92. The topological polar surface area (TPSA) is 81.1 Å². The van der Waals surface area contributed by atoms with Crippen molar-refractivity contribution in [2.45, 2.75) is 0 Å². The van der Waals surface area contributed by atoms with Gasteiger partial charge in [-0.3, -0.25) is 10.2 Å². The number of benzene rings is 2. The van der Waals surface area contributed by atoms with Crippen LogP contribution in [-0.2, 0) is 0 Å². The Labute approximate surface area is 121 Å². The number of nitrogens with two attached hydrogens (primary N) is 1. The van der Waals surface area contributed by atoms with E-state index in [2.05, 4.69) is 5.16 Å². The summed E-state index contributed by atoms with van der Waals surface area (Å²) in [6, 6.07) is 19.5. The standard InChI is InChI=1S/C16H13N3O2/c17-18-16(20)14-10-15(21-19-14)13-8-6-12(7-9-13)11-4-2-1-3-5-11/h1-10H,17H2,(H,18,20). The number of rotatable bonds is 3. The molecular formula is C16H13N3O2. The van der Waals surface area contributed by atoms with Gasteiger partial charge >= 0.3 is 0 Å². The predicted molar refractivity (Wildman–Crippen MR) is 79.0 cm³/mol. The number of hydrogen-bond acceptors (Lipinski definition) is 4. The third-order valence-electron chi connectivity index (χ3n) is 3.15. The van der Waals surface area contributed by atoms with Crippen LogP contribution in [0.4, 0.5) is 0 Å². The molecule has 0 spiro atoms. The van der Waals surface area contributed by atoms with Gasteiger partial charge in [-0.15, -0.1) is 0 Å². The van der Waals surface area contributed by atoms with E-state index in [1.165, 1.54) is 0 Å². The number of amides is 1. The fourth-order valence-electron chi connectivity index (χ4n) is 2.05. The zero-order valence-electron chi connectivity index (χ0n) is 11.1. The average molecular weight is 279 g/mol. The van der Waals surface area contributed by atoms with E-state index in [4.69, 9.17) is 10.4 Å². The van der Waals surface area contributed by atoms with Crippen LogP contribution in [0.15, 0.2) is 65.2 Å². The minimum atomic E-state index is -0.481. The van der Waals surface area contributed by atoms with Gasteiger partial charge in [0, 0.05) is 11.6 Å². The van der Waals surface area contributed by atoms with E-state index >= 15 is 0 Å². The third-order valence-corrected chi connectivity index (χ3v) is 3.15. The number of aromatic nitrogens is 1. The van der Waals surface area contributed by atoms with Crippen molar-refractivity contribution in [1.29, 1.82) is 0 Å². The van der Waals surface area contributed by atoms with Crippen molar-refractivity contribution in [2.24, 2.45) is 5.84 Å². The summed E-state index contributed by atoms with van der Waals surface area (Å²) in [5, 5.41) is 3.68. The maximum atomic E-state index is 11.3. The Morgan fingerprint density at radius 2 is 1.57 bits per heavy atom. The molecule has 0 bridgehead atoms.